The first-order chi connectivity index (χ1) is 17.5. The van der Waals surface area contributed by atoms with Crippen LogP contribution in [0.4, 0.5) is 11.5 Å². The van der Waals surface area contributed by atoms with Crippen LogP contribution in [-0.2, 0) is 14.8 Å². The van der Waals surface area contributed by atoms with Gasteiger partial charge in [0.2, 0.25) is 11.8 Å². The third-order valence-corrected chi connectivity index (χ3v) is 7.78. The highest BCUT2D eigenvalue weighted by Gasteiger charge is 2.40. The predicted molar refractivity (Wildman–Crippen MR) is 139 cm³/mol. The molecule has 1 unspecified atom stereocenters. The second-order valence-electron chi connectivity index (χ2n) is 9.43. The molecule has 0 spiro atoms. The molecule has 194 valence electrons. The number of rotatable bonds is 7. The Hall–Kier alpha value is -3.99. The molecule has 1 aromatic carbocycles. The lowest BCUT2D eigenvalue weighted by molar-refractivity contribution is -0.114. The van der Waals surface area contributed by atoms with Gasteiger partial charge in [0.05, 0.1) is 5.56 Å². The molecule has 1 atom stereocenters. The smallest absolute Gasteiger partial charge is 0.281 e. The van der Waals surface area contributed by atoms with Crippen LogP contribution in [0.15, 0.2) is 65.8 Å². The van der Waals surface area contributed by atoms with Crippen LogP contribution in [0, 0.1) is 5.92 Å². The van der Waals surface area contributed by atoms with Crippen LogP contribution in [0.2, 0.25) is 0 Å². The highest BCUT2D eigenvalue weighted by atomic mass is 32.2. The number of nitrogens with zero attached hydrogens (tertiary/aromatic N) is 3. The molecule has 0 radical (unpaired) electrons. The molecule has 0 saturated carbocycles. The fraction of sp³-hybridized carbons (Fsp3) is 0.308. The number of sulfonamides is 1. The zero-order chi connectivity index (χ0) is 26.8. The van der Waals surface area contributed by atoms with E-state index in [4.69, 9.17) is 4.74 Å². The number of carbonyl (C=O) groups excluding carboxylic acids is 2. The zero-order valence-corrected chi connectivity index (χ0v) is 21.9. The summed E-state index contributed by atoms with van der Waals surface area (Å²) in [4.78, 5) is 35.0. The number of amides is 2. The number of pyridine rings is 2. The molecule has 10 nitrogen and oxygen atoms in total. The van der Waals surface area contributed by atoms with Crippen molar-refractivity contribution in [2.45, 2.75) is 44.7 Å². The summed E-state index contributed by atoms with van der Waals surface area (Å²) in [6, 6.07) is 14.0. The van der Waals surface area contributed by atoms with Crippen LogP contribution in [0.1, 0.15) is 44.5 Å². The van der Waals surface area contributed by atoms with Gasteiger partial charge in [-0.1, -0.05) is 19.1 Å². The molecule has 1 saturated heterocycles. The lowest BCUT2D eigenvalue weighted by Crippen LogP contribution is -2.43. The van der Waals surface area contributed by atoms with E-state index in [2.05, 4.69) is 40.8 Å². The van der Waals surface area contributed by atoms with Crippen molar-refractivity contribution in [2.24, 2.45) is 5.92 Å². The topological polar surface area (TPSA) is 131 Å². The van der Waals surface area contributed by atoms with Crippen LogP contribution < -0.4 is 19.7 Å². The van der Waals surface area contributed by atoms with E-state index in [1.165, 1.54) is 25.1 Å². The van der Waals surface area contributed by atoms with Crippen molar-refractivity contribution in [3.8, 4) is 11.6 Å². The minimum atomic E-state index is -4.32. The predicted octanol–water partition coefficient (Wildman–Crippen LogP) is 3.97. The molecule has 0 bridgehead atoms. The Kier molecular flexibility index (Phi) is 7.17. The van der Waals surface area contributed by atoms with Gasteiger partial charge in [0, 0.05) is 43.0 Å². The molecule has 2 amide bonds. The molecule has 11 heteroatoms. The van der Waals surface area contributed by atoms with Gasteiger partial charge in [0.15, 0.2) is 5.03 Å². The van der Waals surface area contributed by atoms with Crippen LogP contribution in [0.5, 0.6) is 11.6 Å². The summed E-state index contributed by atoms with van der Waals surface area (Å²) in [5.74, 6) is 0.131. The molecule has 2 aromatic heterocycles. The second kappa shape index (κ2) is 10.2. The zero-order valence-electron chi connectivity index (χ0n) is 21.1. The molecule has 3 heterocycles. The highest BCUT2D eigenvalue weighted by Crippen LogP contribution is 2.38. The Bertz CT molecular complexity index is 1440. The molecular formula is C26H29N5O5S. The minimum absolute atomic E-state index is 0.00479. The number of hydrogen-bond donors (Lipinski definition) is 2. The van der Waals surface area contributed by atoms with Crippen molar-refractivity contribution in [1.29, 1.82) is 0 Å². The summed E-state index contributed by atoms with van der Waals surface area (Å²) in [6.45, 7) is 8.41. The van der Waals surface area contributed by atoms with E-state index in [-0.39, 0.29) is 27.9 Å². The fourth-order valence-corrected chi connectivity index (χ4v) is 5.12. The lowest BCUT2D eigenvalue weighted by Gasteiger charge is -2.36. The van der Waals surface area contributed by atoms with Gasteiger partial charge in [-0.05, 0) is 56.5 Å². The molecule has 1 aliphatic rings. The van der Waals surface area contributed by atoms with Crippen molar-refractivity contribution in [2.75, 3.05) is 16.8 Å². The number of nitrogens with one attached hydrogen (secondary N) is 2. The molecule has 37 heavy (non-hydrogen) atoms. The van der Waals surface area contributed by atoms with Gasteiger partial charge in [0.25, 0.3) is 15.9 Å². The number of carbonyl (C=O) groups is 2. The Morgan fingerprint density at radius 1 is 1.11 bits per heavy atom. The first-order valence-electron chi connectivity index (χ1n) is 11.8. The lowest BCUT2D eigenvalue weighted by atomic mass is 9.90. The largest absolute Gasteiger partial charge is 0.439 e. The Balaban J connectivity index is 1.55. The van der Waals surface area contributed by atoms with E-state index >= 15 is 0 Å². The van der Waals surface area contributed by atoms with Crippen molar-refractivity contribution in [3.05, 3.63) is 66.4 Å². The Morgan fingerprint density at radius 2 is 1.86 bits per heavy atom. The van der Waals surface area contributed by atoms with Gasteiger partial charge in [-0.15, -0.1) is 0 Å². The van der Waals surface area contributed by atoms with Crippen molar-refractivity contribution >= 4 is 33.3 Å². The number of ether oxygens (including phenoxy) is 1. The normalized spacial score (nSPS) is 16.8. The van der Waals surface area contributed by atoms with Crippen LogP contribution in [0.3, 0.4) is 0 Å². The van der Waals surface area contributed by atoms with Gasteiger partial charge in [0.1, 0.15) is 11.6 Å². The molecular weight excluding hydrogens is 494 g/mol. The minimum Gasteiger partial charge on any atom is -0.439 e. The third-order valence-electron chi connectivity index (χ3n) is 6.55. The van der Waals surface area contributed by atoms with Gasteiger partial charge in [-0.3, -0.25) is 9.59 Å². The summed E-state index contributed by atoms with van der Waals surface area (Å²) in [6.07, 6.45) is 2.52. The maximum absolute atomic E-state index is 13.2. The fourth-order valence-electron chi connectivity index (χ4n) is 4.19. The maximum Gasteiger partial charge on any atom is 0.281 e. The van der Waals surface area contributed by atoms with E-state index in [1.807, 2.05) is 4.90 Å². The molecule has 1 aliphatic heterocycles. The number of anilines is 2. The van der Waals surface area contributed by atoms with Crippen molar-refractivity contribution in [1.82, 2.24) is 14.7 Å². The number of hydrogen-bond acceptors (Lipinski definition) is 8. The molecule has 3 aromatic rings. The first-order valence-corrected chi connectivity index (χ1v) is 13.3. The summed E-state index contributed by atoms with van der Waals surface area (Å²) in [5.41, 5.74) is 0.437. The van der Waals surface area contributed by atoms with Gasteiger partial charge < -0.3 is 15.0 Å². The SMILES string of the molecule is CC(=O)Nc1cccc(Oc2cccc(S(=O)(=O)NC(=O)c3cccnc3N3CCC(C)C3(C)C)n2)c1. The van der Waals surface area contributed by atoms with E-state index in [9.17, 15) is 18.0 Å². The summed E-state index contributed by atoms with van der Waals surface area (Å²) >= 11 is 0. The van der Waals surface area contributed by atoms with Crippen LogP contribution in [-0.4, -0.2) is 42.3 Å². The molecule has 0 aliphatic carbocycles. The van der Waals surface area contributed by atoms with Gasteiger partial charge >= 0.3 is 0 Å². The third kappa shape index (κ3) is 5.72. The van der Waals surface area contributed by atoms with E-state index in [0.717, 1.165) is 6.42 Å². The quantitative estimate of drug-likeness (QED) is 0.476. The standard InChI is InChI=1S/C26H29N5O5S/c1-17-13-15-31(26(17,3)4)24-21(10-7-14-27-24)25(33)30-37(34,35)23-12-6-11-22(29-23)36-20-9-5-8-19(16-20)28-18(2)32/h5-12,14,16-17H,13,15H2,1-4H3,(H,28,32)(H,30,33). The summed E-state index contributed by atoms with van der Waals surface area (Å²) in [5, 5.41) is 2.27. The molecule has 1 fully saturated rings. The van der Waals surface area contributed by atoms with Crippen LogP contribution in [0.25, 0.3) is 0 Å². The average Bonchev–Trinajstić information content (AvgIpc) is 3.10. The van der Waals surface area contributed by atoms with E-state index in [0.29, 0.717) is 29.7 Å². The highest BCUT2D eigenvalue weighted by molar-refractivity contribution is 7.90. The monoisotopic (exact) mass is 523 g/mol. The Morgan fingerprint density at radius 3 is 2.57 bits per heavy atom. The number of aromatic nitrogens is 2. The van der Waals surface area contributed by atoms with Crippen molar-refractivity contribution < 1.29 is 22.7 Å². The van der Waals surface area contributed by atoms with Gasteiger partial charge in [-0.2, -0.15) is 13.4 Å². The van der Waals surface area contributed by atoms with Crippen molar-refractivity contribution in [3.63, 3.8) is 0 Å². The first kappa shape index (κ1) is 26.1. The summed E-state index contributed by atoms with van der Waals surface area (Å²) in [7, 11) is -4.32. The maximum atomic E-state index is 13.2. The molecule has 2 N–H and O–H groups in total. The second-order valence-corrected chi connectivity index (χ2v) is 11.1. The van der Waals surface area contributed by atoms with E-state index < -0.39 is 15.9 Å². The van der Waals surface area contributed by atoms with Crippen LogP contribution >= 0.6 is 0 Å². The number of benzene rings is 1. The van der Waals surface area contributed by atoms with E-state index in [1.54, 1.807) is 42.6 Å². The van der Waals surface area contributed by atoms with Gasteiger partial charge in [-0.25, -0.2) is 9.71 Å². The molecule has 4 rings (SSSR count). The summed E-state index contributed by atoms with van der Waals surface area (Å²) < 4.78 is 34.0. The average molecular weight is 524 g/mol. The Labute approximate surface area is 216 Å².